The van der Waals surface area contributed by atoms with Crippen molar-refractivity contribution in [1.82, 2.24) is 9.38 Å². The number of para-hydroxylation sites is 1. The van der Waals surface area contributed by atoms with Gasteiger partial charge in [-0.05, 0) is 42.5 Å². The zero-order chi connectivity index (χ0) is 18.0. The lowest BCUT2D eigenvalue weighted by molar-refractivity contribution is 1.33. The fourth-order valence-corrected chi connectivity index (χ4v) is 4.25. The van der Waals surface area contributed by atoms with Crippen LogP contribution >= 0.6 is 0 Å². The third-order valence-electron chi connectivity index (χ3n) is 5.39. The minimum absolute atomic E-state index is 0.678. The maximum absolute atomic E-state index is 9.37. The first-order valence-electron chi connectivity index (χ1n) is 8.88. The van der Waals surface area contributed by atoms with Gasteiger partial charge in [0.1, 0.15) is 0 Å². The monoisotopic (exact) mass is 343 g/mol. The smallest absolute Gasteiger partial charge is 0.0992 e. The quantitative estimate of drug-likeness (QED) is 0.380. The second-order valence-electron chi connectivity index (χ2n) is 6.83. The second-order valence-corrected chi connectivity index (χ2v) is 6.83. The number of pyridine rings is 1. The fourth-order valence-electron chi connectivity index (χ4n) is 4.25. The maximum Gasteiger partial charge on any atom is 0.0992 e. The van der Waals surface area contributed by atoms with E-state index in [1.54, 1.807) is 0 Å². The molecule has 3 heterocycles. The van der Waals surface area contributed by atoms with E-state index in [-0.39, 0.29) is 0 Å². The van der Waals surface area contributed by atoms with E-state index in [4.69, 9.17) is 0 Å². The number of rotatable bonds is 1. The third-order valence-corrected chi connectivity index (χ3v) is 5.39. The van der Waals surface area contributed by atoms with Crippen molar-refractivity contribution < 1.29 is 0 Å². The summed E-state index contributed by atoms with van der Waals surface area (Å²) in [5, 5.41) is 14.2. The van der Waals surface area contributed by atoms with Crippen molar-refractivity contribution in [3.05, 3.63) is 84.6 Å². The van der Waals surface area contributed by atoms with Crippen molar-refractivity contribution >= 4 is 38.1 Å². The largest absolute Gasteiger partial charge is 0.308 e. The first kappa shape index (κ1) is 14.3. The molecule has 0 saturated heterocycles. The summed E-state index contributed by atoms with van der Waals surface area (Å²) in [6, 6.07) is 27.1. The van der Waals surface area contributed by atoms with E-state index >= 15 is 0 Å². The molecule has 6 rings (SSSR count). The van der Waals surface area contributed by atoms with E-state index in [0.29, 0.717) is 5.56 Å². The molecule has 0 spiro atoms. The van der Waals surface area contributed by atoms with E-state index < -0.39 is 0 Å². The van der Waals surface area contributed by atoms with Crippen molar-refractivity contribution in [3.8, 4) is 17.3 Å². The van der Waals surface area contributed by atoms with Crippen LogP contribution in [0.2, 0.25) is 0 Å². The number of nitrogens with zero attached hydrogens (tertiary/aromatic N) is 3. The van der Waals surface area contributed by atoms with Crippen molar-refractivity contribution in [2.24, 2.45) is 0 Å². The Morgan fingerprint density at radius 2 is 1.52 bits per heavy atom. The van der Waals surface area contributed by atoms with Gasteiger partial charge in [0.25, 0.3) is 0 Å². The zero-order valence-electron chi connectivity index (χ0n) is 14.3. The Morgan fingerprint density at radius 1 is 0.741 bits per heavy atom. The highest BCUT2D eigenvalue weighted by molar-refractivity contribution is 6.24. The van der Waals surface area contributed by atoms with Crippen LogP contribution < -0.4 is 0 Å². The van der Waals surface area contributed by atoms with Gasteiger partial charge in [-0.1, -0.05) is 30.3 Å². The summed E-state index contributed by atoms with van der Waals surface area (Å²) >= 11 is 0. The predicted molar refractivity (Wildman–Crippen MR) is 109 cm³/mol. The van der Waals surface area contributed by atoms with Crippen LogP contribution in [0.5, 0.6) is 0 Å². The summed E-state index contributed by atoms with van der Waals surface area (Å²) in [6.45, 7) is 0. The summed E-state index contributed by atoms with van der Waals surface area (Å²) in [5.74, 6) is 0. The van der Waals surface area contributed by atoms with Crippen LogP contribution in [0.25, 0.3) is 49.4 Å². The minimum Gasteiger partial charge on any atom is -0.308 e. The molecule has 0 aliphatic heterocycles. The molecule has 0 aliphatic carbocycles. The van der Waals surface area contributed by atoms with Crippen molar-refractivity contribution in [2.45, 2.75) is 0 Å². The molecule has 124 valence electrons. The van der Waals surface area contributed by atoms with E-state index in [1.807, 2.05) is 36.5 Å². The first-order chi connectivity index (χ1) is 13.3. The number of hydrogen-bond donors (Lipinski definition) is 0. The number of hydrogen-bond acceptors (Lipinski definition) is 2. The molecule has 0 aliphatic rings. The summed E-state index contributed by atoms with van der Waals surface area (Å²) in [7, 11) is 0. The summed E-state index contributed by atoms with van der Waals surface area (Å²) in [6.07, 6.45) is 1.83. The summed E-state index contributed by atoms with van der Waals surface area (Å²) in [4.78, 5) is 4.55. The van der Waals surface area contributed by atoms with Crippen LogP contribution in [-0.2, 0) is 0 Å². The molecule has 0 fully saturated rings. The molecule has 3 aromatic carbocycles. The van der Waals surface area contributed by atoms with Crippen LogP contribution in [0.4, 0.5) is 0 Å². The highest BCUT2D eigenvalue weighted by Crippen LogP contribution is 2.41. The number of benzene rings is 3. The lowest BCUT2D eigenvalue weighted by atomic mass is 10.0. The van der Waals surface area contributed by atoms with Gasteiger partial charge in [0.15, 0.2) is 0 Å². The fraction of sp³-hybridized carbons (Fsp3) is 0. The summed E-state index contributed by atoms with van der Waals surface area (Å²) in [5.41, 5.74) is 6.21. The molecule has 0 bridgehead atoms. The second kappa shape index (κ2) is 5.06. The van der Waals surface area contributed by atoms with Gasteiger partial charge in [-0.25, -0.2) is 0 Å². The van der Waals surface area contributed by atoms with Crippen molar-refractivity contribution in [3.63, 3.8) is 0 Å². The van der Waals surface area contributed by atoms with Crippen LogP contribution in [0.15, 0.2) is 79.0 Å². The highest BCUT2D eigenvalue weighted by atomic mass is 14.9. The third kappa shape index (κ3) is 1.82. The first-order valence-corrected chi connectivity index (χ1v) is 8.88. The molecule has 3 heteroatoms. The normalized spacial score (nSPS) is 11.7. The minimum atomic E-state index is 0.678. The van der Waals surface area contributed by atoms with Gasteiger partial charge in [0, 0.05) is 33.3 Å². The van der Waals surface area contributed by atoms with E-state index in [1.165, 1.54) is 27.2 Å². The van der Waals surface area contributed by atoms with Gasteiger partial charge in [0.05, 0.1) is 33.9 Å². The molecule has 0 unspecified atom stereocenters. The number of fused-ring (bicyclic) bond motifs is 6. The SMILES string of the molecule is N#Cc1ccc2c3cc(-c4ccccn4)cc4c5ccccc5n(c2c1)c43. The Morgan fingerprint density at radius 3 is 2.30 bits per heavy atom. The molecule has 3 nitrogen and oxygen atoms in total. The molecule has 0 N–H and O–H groups in total. The lowest BCUT2D eigenvalue weighted by Gasteiger charge is -2.03. The van der Waals surface area contributed by atoms with Crippen LogP contribution in [0.3, 0.4) is 0 Å². The van der Waals surface area contributed by atoms with Gasteiger partial charge in [-0.15, -0.1) is 0 Å². The lowest BCUT2D eigenvalue weighted by Crippen LogP contribution is -1.82. The Kier molecular flexibility index (Phi) is 2.68. The number of nitriles is 1. The van der Waals surface area contributed by atoms with Crippen molar-refractivity contribution in [2.75, 3.05) is 0 Å². The molecule has 0 radical (unpaired) electrons. The average molecular weight is 343 g/mol. The van der Waals surface area contributed by atoms with Gasteiger partial charge in [-0.3, -0.25) is 4.98 Å². The molecule has 0 saturated carbocycles. The van der Waals surface area contributed by atoms with Gasteiger partial charge in [-0.2, -0.15) is 5.26 Å². The van der Waals surface area contributed by atoms with E-state index in [9.17, 15) is 5.26 Å². The van der Waals surface area contributed by atoms with Gasteiger partial charge >= 0.3 is 0 Å². The predicted octanol–water partition coefficient (Wildman–Crippen LogP) is 5.77. The molecule has 3 aromatic heterocycles. The molecule has 27 heavy (non-hydrogen) atoms. The topological polar surface area (TPSA) is 41.1 Å². The van der Waals surface area contributed by atoms with Crippen LogP contribution in [0.1, 0.15) is 5.56 Å². The Hall–Kier alpha value is -3.90. The van der Waals surface area contributed by atoms with E-state index in [0.717, 1.165) is 22.2 Å². The van der Waals surface area contributed by atoms with E-state index in [2.05, 4.69) is 57.9 Å². The number of aromatic nitrogens is 2. The average Bonchev–Trinajstić information content (AvgIpc) is 3.25. The molecule has 0 amide bonds. The Bertz CT molecular complexity index is 1520. The van der Waals surface area contributed by atoms with Gasteiger partial charge in [0.2, 0.25) is 0 Å². The Labute approximate surface area is 155 Å². The standard InChI is InChI=1S/C24H13N3/c25-14-15-8-9-18-20-13-16(21-6-3-4-10-26-21)12-19-17-5-1-2-7-22(17)27(24(19)20)23(18)11-15/h1-13H. The summed E-state index contributed by atoms with van der Waals surface area (Å²) < 4.78 is 2.29. The highest BCUT2D eigenvalue weighted by Gasteiger charge is 2.18. The molecular weight excluding hydrogens is 330 g/mol. The molecule has 6 aromatic rings. The van der Waals surface area contributed by atoms with Crippen molar-refractivity contribution in [1.29, 1.82) is 5.26 Å². The van der Waals surface area contributed by atoms with Gasteiger partial charge < -0.3 is 4.40 Å². The Balaban J connectivity index is 1.90. The molecule has 0 atom stereocenters. The van der Waals surface area contributed by atoms with Crippen LogP contribution in [-0.4, -0.2) is 9.38 Å². The zero-order valence-corrected chi connectivity index (χ0v) is 14.3. The van der Waals surface area contributed by atoms with Crippen LogP contribution in [0, 0.1) is 11.3 Å². The maximum atomic E-state index is 9.37. The molecular formula is C24H13N3.